The van der Waals surface area contributed by atoms with Crippen molar-refractivity contribution in [1.82, 2.24) is 0 Å². The lowest BCUT2D eigenvalue weighted by Crippen LogP contribution is -2.15. The van der Waals surface area contributed by atoms with E-state index in [0.717, 1.165) is 23.7 Å². The first-order valence-electron chi connectivity index (χ1n) is 12.4. The van der Waals surface area contributed by atoms with Crippen LogP contribution in [0.4, 0.5) is 0 Å². The standard InChI is InChI=1S/C26H48/c1-3-5-7-11-23-15-19-25(20-16-23)13-9-10-14-26-21-17-24(18-22-26)12-8-6-4-2/h3,5,23-26H,4,6-22H2,1-2H3. The zero-order chi connectivity index (χ0) is 18.5. The lowest BCUT2D eigenvalue weighted by molar-refractivity contribution is 0.232. The summed E-state index contributed by atoms with van der Waals surface area (Å²) in [5.41, 5.74) is 0. The van der Waals surface area contributed by atoms with Gasteiger partial charge in [0.05, 0.1) is 0 Å². The fourth-order valence-electron chi connectivity index (χ4n) is 5.67. The fraction of sp³-hybridized carbons (Fsp3) is 0.923. The second kappa shape index (κ2) is 13.8. The summed E-state index contributed by atoms with van der Waals surface area (Å²) < 4.78 is 0. The summed E-state index contributed by atoms with van der Waals surface area (Å²) in [5.74, 6) is 4.28. The second-order valence-electron chi connectivity index (χ2n) is 9.70. The van der Waals surface area contributed by atoms with Crippen molar-refractivity contribution in [2.75, 3.05) is 0 Å². The van der Waals surface area contributed by atoms with Gasteiger partial charge in [0.15, 0.2) is 0 Å². The van der Waals surface area contributed by atoms with E-state index in [0.29, 0.717) is 0 Å². The van der Waals surface area contributed by atoms with Gasteiger partial charge in [-0.3, -0.25) is 0 Å². The molecular weight excluding hydrogens is 312 g/mol. The van der Waals surface area contributed by atoms with Crippen molar-refractivity contribution >= 4 is 0 Å². The molecule has 0 aromatic carbocycles. The minimum atomic E-state index is 1.04. The van der Waals surface area contributed by atoms with Crippen molar-refractivity contribution in [2.45, 2.75) is 129 Å². The van der Waals surface area contributed by atoms with Crippen LogP contribution < -0.4 is 0 Å². The molecule has 2 fully saturated rings. The molecule has 0 aliphatic heterocycles. The molecule has 152 valence electrons. The van der Waals surface area contributed by atoms with E-state index in [1.54, 1.807) is 32.1 Å². The van der Waals surface area contributed by atoms with E-state index < -0.39 is 0 Å². The lowest BCUT2D eigenvalue weighted by Gasteiger charge is -2.30. The van der Waals surface area contributed by atoms with Crippen LogP contribution >= 0.6 is 0 Å². The van der Waals surface area contributed by atoms with Crippen LogP contribution in [0.25, 0.3) is 0 Å². The summed E-state index contributed by atoms with van der Waals surface area (Å²) >= 11 is 0. The fourth-order valence-corrected chi connectivity index (χ4v) is 5.67. The molecule has 2 aliphatic carbocycles. The minimum absolute atomic E-state index is 1.04. The van der Waals surface area contributed by atoms with Crippen LogP contribution in [0.3, 0.4) is 0 Å². The van der Waals surface area contributed by atoms with Crippen LogP contribution in [0.15, 0.2) is 12.2 Å². The van der Waals surface area contributed by atoms with Crippen LogP contribution in [0.2, 0.25) is 0 Å². The van der Waals surface area contributed by atoms with Gasteiger partial charge in [-0.25, -0.2) is 0 Å². The summed E-state index contributed by atoms with van der Waals surface area (Å²) in [6.07, 6.45) is 31.6. The molecule has 0 heteroatoms. The molecule has 0 spiro atoms. The van der Waals surface area contributed by atoms with E-state index in [4.69, 9.17) is 0 Å². The first kappa shape index (κ1) is 22.0. The molecule has 0 atom stereocenters. The summed E-state index contributed by atoms with van der Waals surface area (Å²) in [7, 11) is 0. The van der Waals surface area contributed by atoms with Gasteiger partial charge >= 0.3 is 0 Å². The van der Waals surface area contributed by atoms with Gasteiger partial charge in [0.1, 0.15) is 0 Å². The van der Waals surface area contributed by atoms with Gasteiger partial charge in [-0.2, -0.15) is 0 Å². The molecule has 0 heterocycles. The molecule has 26 heavy (non-hydrogen) atoms. The Balaban J connectivity index is 1.44. The second-order valence-corrected chi connectivity index (χ2v) is 9.70. The maximum absolute atomic E-state index is 2.35. The summed E-state index contributed by atoms with van der Waals surface area (Å²) in [4.78, 5) is 0. The Morgan fingerprint density at radius 2 is 0.962 bits per heavy atom. The maximum Gasteiger partial charge on any atom is -0.0348 e. The molecular formula is C26H48. The van der Waals surface area contributed by atoms with Crippen LogP contribution in [-0.4, -0.2) is 0 Å². The Hall–Kier alpha value is -0.260. The van der Waals surface area contributed by atoms with Gasteiger partial charge in [0.2, 0.25) is 0 Å². The van der Waals surface area contributed by atoms with Crippen LogP contribution in [0, 0.1) is 23.7 Å². The first-order valence-corrected chi connectivity index (χ1v) is 12.4. The van der Waals surface area contributed by atoms with Gasteiger partial charge < -0.3 is 0 Å². The van der Waals surface area contributed by atoms with Crippen LogP contribution in [0.5, 0.6) is 0 Å². The molecule has 0 aromatic heterocycles. The zero-order valence-electron chi connectivity index (χ0n) is 18.2. The Kier molecular flexibility index (Phi) is 11.7. The molecule has 2 aliphatic rings. The van der Waals surface area contributed by atoms with E-state index in [-0.39, 0.29) is 0 Å². The molecule has 2 rings (SSSR count). The largest absolute Gasteiger partial charge is 0.0917 e. The molecule has 0 bridgehead atoms. The van der Waals surface area contributed by atoms with Gasteiger partial charge in [-0.1, -0.05) is 122 Å². The Morgan fingerprint density at radius 3 is 1.35 bits per heavy atom. The van der Waals surface area contributed by atoms with Gasteiger partial charge in [0.25, 0.3) is 0 Å². The Labute approximate surface area is 165 Å². The highest BCUT2D eigenvalue weighted by Gasteiger charge is 2.22. The smallest absolute Gasteiger partial charge is 0.0348 e. The highest BCUT2D eigenvalue weighted by atomic mass is 14.3. The Bertz CT molecular complexity index is 339. The average Bonchev–Trinajstić information content (AvgIpc) is 2.68. The van der Waals surface area contributed by atoms with E-state index in [2.05, 4.69) is 26.0 Å². The van der Waals surface area contributed by atoms with Crippen molar-refractivity contribution in [1.29, 1.82) is 0 Å². The van der Waals surface area contributed by atoms with Crippen LogP contribution in [0.1, 0.15) is 129 Å². The molecule has 0 amide bonds. The quantitative estimate of drug-likeness (QED) is 0.240. The molecule has 0 nitrogen and oxygen atoms in total. The molecule has 0 unspecified atom stereocenters. The maximum atomic E-state index is 2.35. The first-order chi connectivity index (χ1) is 12.8. The van der Waals surface area contributed by atoms with E-state index in [1.165, 1.54) is 83.5 Å². The van der Waals surface area contributed by atoms with E-state index >= 15 is 0 Å². The number of hydrogen-bond acceptors (Lipinski definition) is 0. The predicted octanol–water partition coefficient (Wildman–Crippen LogP) is 9.10. The van der Waals surface area contributed by atoms with Crippen molar-refractivity contribution < 1.29 is 0 Å². The topological polar surface area (TPSA) is 0 Å². The SMILES string of the molecule is CC=CCCC1CCC(CCCCC2CCC(CCCCC)CC2)CC1. The molecule has 0 saturated heterocycles. The number of hydrogen-bond donors (Lipinski definition) is 0. The predicted molar refractivity (Wildman–Crippen MR) is 118 cm³/mol. The minimum Gasteiger partial charge on any atom is -0.0917 e. The van der Waals surface area contributed by atoms with Gasteiger partial charge in [-0.05, 0) is 43.4 Å². The zero-order valence-corrected chi connectivity index (χ0v) is 18.2. The summed E-state index contributed by atoms with van der Waals surface area (Å²) in [6.45, 7) is 4.48. The molecule has 0 radical (unpaired) electrons. The Morgan fingerprint density at radius 1 is 0.577 bits per heavy atom. The van der Waals surface area contributed by atoms with Crippen molar-refractivity contribution in [2.24, 2.45) is 23.7 Å². The van der Waals surface area contributed by atoms with Crippen LogP contribution in [-0.2, 0) is 0 Å². The number of allylic oxidation sites excluding steroid dienone is 2. The summed E-state index contributed by atoms with van der Waals surface area (Å²) in [5, 5.41) is 0. The van der Waals surface area contributed by atoms with E-state index in [9.17, 15) is 0 Å². The number of unbranched alkanes of at least 4 members (excludes halogenated alkanes) is 3. The third-order valence-corrected chi connectivity index (χ3v) is 7.60. The van der Waals surface area contributed by atoms with Gasteiger partial charge in [0, 0.05) is 0 Å². The third-order valence-electron chi connectivity index (χ3n) is 7.60. The van der Waals surface area contributed by atoms with E-state index in [1.807, 2.05) is 0 Å². The lowest BCUT2D eigenvalue weighted by atomic mass is 9.76. The van der Waals surface area contributed by atoms with Crippen molar-refractivity contribution in [3.05, 3.63) is 12.2 Å². The monoisotopic (exact) mass is 360 g/mol. The third kappa shape index (κ3) is 9.09. The molecule has 0 aromatic rings. The highest BCUT2D eigenvalue weighted by Crippen LogP contribution is 2.36. The summed E-state index contributed by atoms with van der Waals surface area (Å²) in [6, 6.07) is 0. The molecule has 0 N–H and O–H groups in total. The molecule has 2 saturated carbocycles. The highest BCUT2D eigenvalue weighted by molar-refractivity contribution is 4.80. The average molecular weight is 361 g/mol. The van der Waals surface area contributed by atoms with Gasteiger partial charge in [-0.15, -0.1) is 0 Å². The van der Waals surface area contributed by atoms with Crippen molar-refractivity contribution in [3.8, 4) is 0 Å². The number of rotatable bonds is 12. The normalized spacial score (nSPS) is 30.1. The van der Waals surface area contributed by atoms with Crippen molar-refractivity contribution in [3.63, 3.8) is 0 Å².